The Morgan fingerprint density at radius 2 is 2.30 bits per heavy atom. The predicted octanol–water partition coefficient (Wildman–Crippen LogP) is 0.739. The van der Waals surface area contributed by atoms with E-state index in [9.17, 15) is 13.2 Å². The van der Waals surface area contributed by atoms with E-state index < -0.39 is 10.0 Å². The van der Waals surface area contributed by atoms with Crippen LogP contribution in [-0.4, -0.2) is 51.6 Å². The van der Waals surface area contributed by atoms with Gasteiger partial charge in [0.2, 0.25) is 10.0 Å². The summed E-state index contributed by atoms with van der Waals surface area (Å²) in [5.41, 5.74) is 0.322. The fourth-order valence-corrected chi connectivity index (χ4v) is 3.38. The van der Waals surface area contributed by atoms with Gasteiger partial charge in [0.25, 0.3) is 5.91 Å². The number of carbonyl (C=O) groups is 1. The average Bonchev–Trinajstić information content (AvgIpc) is 2.54. The molecular weight excluding hydrogens is 318 g/mol. The molecule has 1 aliphatic rings. The van der Waals surface area contributed by atoms with Crippen molar-refractivity contribution >= 4 is 15.9 Å². The highest BCUT2D eigenvalue weighted by Crippen LogP contribution is 2.15. The number of morpholine rings is 1. The summed E-state index contributed by atoms with van der Waals surface area (Å²) in [5, 5.41) is 8.47. The first kappa shape index (κ1) is 17.4. The van der Waals surface area contributed by atoms with Gasteiger partial charge in [-0.05, 0) is 25.1 Å². The second-order valence-electron chi connectivity index (χ2n) is 5.27. The van der Waals surface area contributed by atoms with Crippen LogP contribution in [0.3, 0.4) is 0 Å². The van der Waals surface area contributed by atoms with Gasteiger partial charge in [-0.25, -0.2) is 13.1 Å². The molecule has 1 aromatic carbocycles. The van der Waals surface area contributed by atoms with Gasteiger partial charge in [-0.3, -0.25) is 4.79 Å². The smallest absolute Gasteiger partial charge is 0.254 e. The maximum Gasteiger partial charge on any atom is 0.254 e. The third kappa shape index (κ3) is 4.51. The number of benzene rings is 1. The SMILES string of the molecule is C[C@@H]1CN(C(=O)c2cccc(S(=O)(=O)NCCC#N)c2)CCO1. The lowest BCUT2D eigenvalue weighted by Crippen LogP contribution is -2.44. The normalized spacial score (nSPS) is 18.4. The van der Waals surface area contributed by atoms with E-state index in [1.54, 1.807) is 11.0 Å². The minimum absolute atomic E-state index is 0.0163. The first-order chi connectivity index (χ1) is 10.9. The highest BCUT2D eigenvalue weighted by molar-refractivity contribution is 7.89. The van der Waals surface area contributed by atoms with E-state index in [0.29, 0.717) is 25.3 Å². The minimum Gasteiger partial charge on any atom is -0.375 e. The van der Waals surface area contributed by atoms with Crippen molar-refractivity contribution in [3.63, 3.8) is 0 Å². The Bertz CT molecular complexity index is 712. The number of carbonyl (C=O) groups excluding carboxylic acids is 1. The van der Waals surface area contributed by atoms with Crippen molar-refractivity contribution in [1.29, 1.82) is 5.26 Å². The van der Waals surface area contributed by atoms with Crippen LogP contribution in [0.2, 0.25) is 0 Å². The zero-order valence-corrected chi connectivity index (χ0v) is 13.7. The fraction of sp³-hybridized carbons (Fsp3) is 0.467. The molecule has 1 N–H and O–H groups in total. The topological polar surface area (TPSA) is 99.5 Å². The number of nitrogens with zero attached hydrogens (tertiary/aromatic N) is 2. The van der Waals surface area contributed by atoms with Crippen LogP contribution < -0.4 is 4.72 Å². The molecule has 23 heavy (non-hydrogen) atoms. The maximum atomic E-state index is 12.5. The molecule has 0 radical (unpaired) electrons. The molecule has 1 heterocycles. The quantitative estimate of drug-likeness (QED) is 0.799. The van der Waals surface area contributed by atoms with Crippen molar-refractivity contribution in [1.82, 2.24) is 9.62 Å². The van der Waals surface area contributed by atoms with E-state index in [1.165, 1.54) is 18.2 Å². The molecule has 2 rings (SSSR count). The summed E-state index contributed by atoms with van der Waals surface area (Å²) < 4.78 is 32.0. The Morgan fingerprint density at radius 3 is 3.00 bits per heavy atom. The molecular formula is C15H19N3O4S. The van der Waals surface area contributed by atoms with Gasteiger partial charge in [-0.2, -0.15) is 5.26 Å². The molecule has 0 unspecified atom stereocenters. The lowest BCUT2D eigenvalue weighted by Gasteiger charge is -2.31. The second-order valence-corrected chi connectivity index (χ2v) is 7.03. The van der Waals surface area contributed by atoms with E-state index in [-0.39, 0.29) is 29.9 Å². The molecule has 7 nitrogen and oxygen atoms in total. The van der Waals surface area contributed by atoms with Crippen LogP contribution in [0.1, 0.15) is 23.7 Å². The highest BCUT2D eigenvalue weighted by Gasteiger charge is 2.23. The summed E-state index contributed by atoms with van der Waals surface area (Å²) in [6, 6.07) is 7.78. The molecule has 8 heteroatoms. The van der Waals surface area contributed by atoms with Gasteiger partial charge in [0.05, 0.1) is 23.7 Å². The Labute approximate surface area is 135 Å². The number of hydrogen-bond donors (Lipinski definition) is 1. The van der Waals surface area contributed by atoms with Crippen LogP contribution >= 0.6 is 0 Å². The molecule has 1 fully saturated rings. The molecule has 0 aliphatic carbocycles. The predicted molar refractivity (Wildman–Crippen MR) is 83.2 cm³/mol. The average molecular weight is 337 g/mol. The van der Waals surface area contributed by atoms with Gasteiger partial charge in [-0.15, -0.1) is 0 Å². The van der Waals surface area contributed by atoms with Gasteiger partial charge in [0, 0.05) is 31.6 Å². The number of rotatable bonds is 5. The van der Waals surface area contributed by atoms with Crippen molar-refractivity contribution in [3.8, 4) is 6.07 Å². The number of ether oxygens (including phenoxy) is 1. The van der Waals surface area contributed by atoms with E-state index in [1.807, 2.05) is 13.0 Å². The van der Waals surface area contributed by atoms with E-state index in [4.69, 9.17) is 10.00 Å². The number of amides is 1. The van der Waals surface area contributed by atoms with Gasteiger partial charge in [-0.1, -0.05) is 6.07 Å². The van der Waals surface area contributed by atoms with Crippen LogP contribution in [-0.2, 0) is 14.8 Å². The van der Waals surface area contributed by atoms with Crippen molar-refractivity contribution < 1.29 is 17.9 Å². The minimum atomic E-state index is -3.73. The molecule has 0 saturated carbocycles. The first-order valence-corrected chi connectivity index (χ1v) is 8.80. The van der Waals surface area contributed by atoms with E-state index >= 15 is 0 Å². The Balaban J connectivity index is 2.16. The molecule has 0 spiro atoms. The molecule has 0 bridgehead atoms. The lowest BCUT2D eigenvalue weighted by molar-refractivity contribution is -0.0124. The van der Waals surface area contributed by atoms with Gasteiger partial charge in [0.15, 0.2) is 0 Å². The Hall–Kier alpha value is -1.95. The molecule has 1 amide bonds. The zero-order valence-electron chi connectivity index (χ0n) is 12.9. The monoisotopic (exact) mass is 337 g/mol. The fourth-order valence-electron chi connectivity index (χ4n) is 2.31. The molecule has 1 saturated heterocycles. The van der Waals surface area contributed by atoms with Gasteiger partial charge >= 0.3 is 0 Å². The van der Waals surface area contributed by atoms with Crippen LogP contribution in [0, 0.1) is 11.3 Å². The maximum absolute atomic E-state index is 12.5. The zero-order chi connectivity index (χ0) is 16.9. The van der Waals surface area contributed by atoms with Crippen LogP contribution in [0.15, 0.2) is 29.2 Å². The summed E-state index contributed by atoms with van der Waals surface area (Å²) >= 11 is 0. The Kier molecular flexibility index (Phi) is 5.71. The number of sulfonamides is 1. The number of nitrogens with one attached hydrogen (secondary N) is 1. The van der Waals surface area contributed by atoms with Crippen LogP contribution in [0.4, 0.5) is 0 Å². The molecule has 124 valence electrons. The third-order valence-corrected chi connectivity index (χ3v) is 4.91. The third-order valence-electron chi connectivity index (χ3n) is 3.45. The molecule has 0 aromatic heterocycles. The molecule has 1 aliphatic heterocycles. The summed E-state index contributed by atoms with van der Waals surface area (Å²) in [6.07, 6.45) is 0.0519. The molecule has 1 aromatic rings. The summed E-state index contributed by atoms with van der Waals surface area (Å²) in [7, 11) is -3.73. The van der Waals surface area contributed by atoms with Gasteiger partial charge in [0.1, 0.15) is 0 Å². The van der Waals surface area contributed by atoms with Crippen molar-refractivity contribution in [3.05, 3.63) is 29.8 Å². The lowest BCUT2D eigenvalue weighted by atomic mass is 10.2. The van der Waals surface area contributed by atoms with Crippen molar-refractivity contribution in [2.75, 3.05) is 26.2 Å². The van der Waals surface area contributed by atoms with Crippen molar-refractivity contribution in [2.24, 2.45) is 0 Å². The summed E-state index contributed by atoms with van der Waals surface area (Å²) in [4.78, 5) is 14.2. The second kappa shape index (κ2) is 7.55. The Morgan fingerprint density at radius 1 is 1.52 bits per heavy atom. The van der Waals surface area contributed by atoms with Crippen LogP contribution in [0.25, 0.3) is 0 Å². The molecule has 1 atom stereocenters. The van der Waals surface area contributed by atoms with Crippen molar-refractivity contribution in [2.45, 2.75) is 24.3 Å². The van der Waals surface area contributed by atoms with Crippen LogP contribution in [0.5, 0.6) is 0 Å². The standard InChI is InChI=1S/C15H19N3O4S/c1-12-11-18(8-9-22-12)15(19)13-4-2-5-14(10-13)23(20,21)17-7-3-6-16/h2,4-5,10,12,17H,3,7-9,11H2,1H3/t12-/m1/s1. The van der Waals surface area contributed by atoms with E-state index in [0.717, 1.165) is 0 Å². The number of nitriles is 1. The van der Waals surface area contributed by atoms with Gasteiger partial charge < -0.3 is 9.64 Å². The largest absolute Gasteiger partial charge is 0.375 e. The summed E-state index contributed by atoms with van der Waals surface area (Å²) in [6.45, 7) is 3.37. The highest BCUT2D eigenvalue weighted by atomic mass is 32.2. The first-order valence-electron chi connectivity index (χ1n) is 7.31. The summed E-state index contributed by atoms with van der Waals surface area (Å²) in [5.74, 6) is -0.214. The number of hydrogen-bond acceptors (Lipinski definition) is 5. The van der Waals surface area contributed by atoms with E-state index in [2.05, 4.69) is 4.72 Å².